The van der Waals surface area contributed by atoms with E-state index in [0.717, 1.165) is 32.3 Å². The van der Waals surface area contributed by atoms with Gasteiger partial charge in [-0.1, -0.05) is 0 Å². The first-order chi connectivity index (χ1) is 13.1. The molecular weight excluding hydrogens is 386 g/mol. The number of ether oxygens (including phenoxy) is 2. The van der Waals surface area contributed by atoms with E-state index < -0.39 is 6.04 Å². The van der Waals surface area contributed by atoms with Crippen LogP contribution in [0.4, 0.5) is 0 Å². The first-order valence-corrected chi connectivity index (χ1v) is 10.2. The molecule has 3 unspecified atom stereocenters. The summed E-state index contributed by atoms with van der Waals surface area (Å²) in [7, 11) is 0. The molecule has 3 fully saturated rings. The van der Waals surface area contributed by atoms with Gasteiger partial charge in [0.15, 0.2) is 0 Å². The molecule has 2 amide bonds. The van der Waals surface area contributed by atoms with Crippen molar-refractivity contribution in [3.05, 3.63) is 0 Å². The number of nitrogens with zero attached hydrogens (tertiary/aromatic N) is 2. The number of piperazine rings is 1. The molecule has 160 valence electrons. The van der Waals surface area contributed by atoms with E-state index in [-0.39, 0.29) is 48.6 Å². The van der Waals surface area contributed by atoms with Crippen LogP contribution in [-0.4, -0.2) is 85.7 Å². The Bertz CT molecular complexity index is 556. The fourth-order valence-corrected chi connectivity index (χ4v) is 4.13. The highest BCUT2D eigenvalue weighted by atomic mass is 35.5. The number of carbonyl (C=O) groups excluding carboxylic acids is 3. The monoisotopic (exact) mass is 417 g/mol. The van der Waals surface area contributed by atoms with E-state index in [0.29, 0.717) is 39.3 Å². The fraction of sp³-hybridized carbons (Fsp3) is 0.842. The first-order valence-electron chi connectivity index (χ1n) is 10.2. The van der Waals surface area contributed by atoms with Gasteiger partial charge in [0.2, 0.25) is 11.8 Å². The highest BCUT2D eigenvalue weighted by molar-refractivity contribution is 5.89. The molecule has 8 nitrogen and oxygen atoms in total. The van der Waals surface area contributed by atoms with Crippen LogP contribution in [0.1, 0.15) is 39.0 Å². The van der Waals surface area contributed by atoms with E-state index in [4.69, 9.17) is 9.47 Å². The van der Waals surface area contributed by atoms with Crippen molar-refractivity contribution in [2.45, 2.75) is 51.2 Å². The van der Waals surface area contributed by atoms with Gasteiger partial charge in [-0.3, -0.25) is 14.4 Å². The summed E-state index contributed by atoms with van der Waals surface area (Å²) in [6, 6.07) is -0.490. The average Bonchev–Trinajstić information content (AvgIpc) is 3.18. The van der Waals surface area contributed by atoms with Crippen molar-refractivity contribution in [1.82, 2.24) is 15.1 Å². The van der Waals surface area contributed by atoms with Gasteiger partial charge in [0.05, 0.1) is 31.1 Å². The quantitative estimate of drug-likeness (QED) is 0.636. The third-order valence-corrected chi connectivity index (χ3v) is 5.60. The molecule has 0 bridgehead atoms. The molecule has 0 spiro atoms. The lowest BCUT2D eigenvalue weighted by Crippen LogP contribution is -2.58. The maximum absolute atomic E-state index is 12.8. The van der Waals surface area contributed by atoms with Crippen molar-refractivity contribution in [2.24, 2.45) is 5.92 Å². The summed E-state index contributed by atoms with van der Waals surface area (Å²) in [5.74, 6) is -0.587. The molecule has 28 heavy (non-hydrogen) atoms. The topological polar surface area (TPSA) is 88.2 Å². The minimum Gasteiger partial charge on any atom is -0.466 e. The van der Waals surface area contributed by atoms with Gasteiger partial charge in [-0.2, -0.15) is 0 Å². The minimum absolute atomic E-state index is 0. The molecule has 0 aromatic heterocycles. The Labute approximate surface area is 172 Å². The van der Waals surface area contributed by atoms with E-state index in [1.54, 1.807) is 11.8 Å². The third kappa shape index (κ3) is 5.81. The van der Waals surface area contributed by atoms with Gasteiger partial charge in [0, 0.05) is 39.3 Å². The van der Waals surface area contributed by atoms with Crippen LogP contribution in [0.15, 0.2) is 0 Å². The van der Waals surface area contributed by atoms with E-state index in [1.807, 2.05) is 4.90 Å². The number of likely N-dealkylation sites (tertiary alicyclic amines) is 1. The molecule has 3 atom stereocenters. The summed E-state index contributed by atoms with van der Waals surface area (Å²) in [6.07, 6.45) is 3.82. The Hall–Kier alpha value is -1.38. The maximum atomic E-state index is 12.8. The normalized spacial score (nSPS) is 28.0. The molecule has 0 aliphatic carbocycles. The molecule has 0 aromatic carbocycles. The van der Waals surface area contributed by atoms with Crippen LogP contribution in [0, 0.1) is 5.92 Å². The Balaban J connectivity index is 0.00000280. The van der Waals surface area contributed by atoms with Crippen LogP contribution in [0.25, 0.3) is 0 Å². The number of piperidine rings is 1. The van der Waals surface area contributed by atoms with Crippen LogP contribution < -0.4 is 5.32 Å². The molecule has 0 radical (unpaired) electrons. The molecule has 0 aromatic rings. The van der Waals surface area contributed by atoms with E-state index >= 15 is 0 Å². The smallest absolute Gasteiger partial charge is 0.310 e. The van der Waals surface area contributed by atoms with Crippen molar-refractivity contribution < 1.29 is 23.9 Å². The summed E-state index contributed by atoms with van der Waals surface area (Å²) in [6.45, 7) is 5.87. The maximum Gasteiger partial charge on any atom is 0.310 e. The van der Waals surface area contributed by atoms with Crippen LogP contribution in [-0.2, 0) is 23.9 Å². The number of carbonyl (C=O) groups is 3. The Morgan fingerprint density at radius 1 is 1.25 bits per heavy atom. The summed E-state index contributed by atoms with van der Waals surface area (Å²) < 4.78 is 10.7. The fourth-order valence-electron chi connectivity index (χ4n) is 4.13. The molecule has 3 aliphatic rings. The second-order valence-electron chi connectivity index (χ2n) is 7.56. The van der Waals surface area contributed by atoms with Crippen molar-refractivity contribution in [3.63, 3.8) is 0 Å². The second-order valence-corrected chi connectivity index (χ2v) is 7.56. The number of esters is 1. The molecule has 1 N–H and O–H groups in total. The standard InChI is InChI=1S/C19H31N3O5.ClH/c1-2-26-19(25)14-5-3-8-21(12-14)17(23)11-16-18(24)22(9-7-20-16)13-15-6-4-10-27-15;/h14-16,20H,2-13H2,1H3;1H. The van der Waals surface area contributed by atoms with Gasteiger partial charge in [-0.05, 0) is 32.6 Å². The Morgan fingerprint density at radius 2 is 2.07 bits per heavy atom. The van der Waals surface area contributed by atoms with Gasteiger partial charge in [-0.15, -0.1) is 12.4 Å². The summed E-state index contributed by atoms with van der Waals surface area (Å²) in [5.41, 5.74) is 0. The lowest BCUT2D eigenvalue weighted by Gasteiger charge is -2.36. The van der Waals surface area contributed by atoms with Gasteiger partial charge in [-0.25, -0.2) is 0 Å². The third-order valence-electron chi connectivity index (χ3n) is 5.60. The van der Waals surface area contributed by atoms with Crippen molar-refractivity contribution in [3.8, 4) is 0 Å². The number of amides is 2. The zero-order valence-corrected chi connectivity index (χ0v) is 17.4. The van der Waals surface area contributed by atoms with E-state index in [1.165, 1.54) is 0 Å². The number of hydrogen-bond acceptors (Lipinski definition) is 6. The molecular formula is C19H32ClN3O5. The van der Waals surface area contributed by atoms with Gasteiger partial charge in [0.25, 0.3) is 0 Å². The van der Waals surface area contributed by atoms with Gasteiger partial charge in [0.1, 0.15) is 0 Å². The lowest BCUT2D eigenvalue weighted by atomic mass is 9.97. The summed E-state index contributed by atoms with van der Waals surface area (Å²) in [5, 5.41) is 3.18. The Morgan fingerprint density at radius 3 is 2.79 bits per heavy atom. The second kappa shape index (κ2) is 11.0. The van der Waals surface area contributed by atoms with Crippen molar-refractivity contribution in [1.29, 1.82) is 0 Å². The lowest BCUT2D eigenvalue weighted by molar-refractivity contribution is -0.152. The molecule has 3 heterocycles. The van der Waals surface area contributed by atoms with Crippen LogP contribution in [0.5, 0.6) is 0 Å². The molecule has 3 aliphatic heterocycles. The predicted molar refractivity (Wildman–Crippen MR) is 105 cm³/mol. The van der Waals surface area contributed by atoms with E-state index in [9.17, 15) is 14.4 Å². The van der Waals surface area contributed by atoms with Crippen molar-refractivity contribution >= 4 is 30.2 Å². The zero-order valence-electron chi connectivity index (χ0n) is 16.6. The summed E-state index contributed by atoms with van der Waals surface area (Å²) >= 11 is 0. The van der Waals surface area contributed by atoms with Crippen LogP contribution in [0.3, 0.4) is 0 Å². The molecule has 3 rings (SSSR count). The zero-order chi connectivity index (χ0) is 19.2. The average molecular weight is 418 g/mol. The molecule has 9 heteroatoms. The van der Waals surface area contributed by atoms with Crippen LogP contribution in [0.2, 0.25) is 0 Å². The van der Waals surface area contributed by atoms with Crippen LogP contribution >= 0.6 is 12.4 Å². The summed E-state index contributed by atoms with van der Waals surface area (Å²) in [4.78, 5) is 41.0. The first kappa shape index (κ1) is 22.9. The predicted octanol–water partition coefficient (Wildman–Crippen LogP) is 0.579. The highest BCUT2D eigenvalue weighted by Gasteiger charge is 2.35. The number of hydrogen-bond donors (Lipinski definition) is 1. The van der Waals surface area contributed by atoms with Gasteiger partial charge < -0.3 is 24.6 Å². The Kier molecular flexibility index (Phi) is 8.98. The largest absolute Gasteiger partial charge is 0.466 e. The number of nitrogens with one attached hydrogen (secondary N) is 1. The SMILES string of the molecule is CCOC(=O)C1CCCN(C(=O)CC2NCCN(CC3CCCO3)C2=O)C1.Cl. The molecule has 3 saturated heterocycles. The van der Waals surface area contributed by atoms with E-state index in [2.05, 4.69) is 5.32 Å². The number of halogens is 1. The number of rotatable bonds is 6. The minimum atomic E-state index is -0.490. The van der Waals surface area contributed by atoms with Gasteiger partial charge >= 0.3 is 5.97 Å². The highest BCUT2D eigenvalue weighted by Crippen LogP contribution is 2.20. The molecule has 0 saturated carbocycles. The van der Waals surface area contributed by atoms with Crippen molar-refractivity contribution in [2.75, 3.05) is 45.9 Å².